The third kappa shape index (κ3) is 2.58. The molecule has 24 heavy (non-hydrogen) atoms. The van der Waals surface area contributed by atoms with Crippen molar-refractivity contribution in [2.24, 2.45) is 0 Å². The van der Waals surface area contributed by atoms with Crippen molar-refractivity contribution in [1.29, 1.82) is 0 Å². The lowest BCUT2D eigenvalue weighted by Crippen LogP contribution is -2.23. The van der Waals surface area contributed by atoms with E-state index in [1.54, 1.807) is 48.2 Å². The highest BCUT2D eigenvalue weighted by Crippen LogP contribution is 2.31. The number of carbonyl (C=O) groups excluding carboxylic acids is 2. The first-order valence-corrected chi connectivity index (χ1v) is 7.67. The summed E-state index contributed by atoms with van der Waals surface area (Å²) < 4.78 is 0. The fourth-order valence-corrected chi connectivity index (χ4v) is 2.95. The highest BCUT2D eigenvalue weighted by atomic mass is 16.4. The van der Waals surface area contributed by atoms with Gasteiger partial charge >= 0.3 is 5.97 Å². The first kappa shape index (κ1) is 15.9. The van der Waals surface area contributed by atoms with Gasteiger partial charge in [-0.25, -0.2) is 0 Å². The molecule has 0 aliphatic carbocycles. The maximum Gasteiger partial charge on any atom is 0.310 e. The van der Waals surface area contributed by atoms with Crippen LogP contribution in [0, 0.1) is 0 Å². The Bertz CT molecular complexity index is 839. The lowest BCUT2D eigenvalue weighted by molar-refractivity contribution is -0.138. The van der Waals surface area contributed by atoms with E-state index in [0.29, 0.717) is 28.9 Å². The zero-order valence-corrected chi connectivity index (χ0v) is 13.4. The molecule has 0 saturated carbocycles. The van der Waals surface area contributed by atoms with Crippen LogP contribution < -0.4 is 4.90 Å². The van der Waals surface area contributed by atoms with Crippen LogP contribution in [0.4, 0.5) is 5.69 Å². The van der Waals surface area contributed by atoms with Gasteiger partial charge in [-0.05, 0) is 37.1 Å². The Morgan fingerprint density at radius 3 is 2.38 bits per heavy atom. The van der Waals surface area contributed by atoms with Crippen LogP contribution in [0.3, 0.4) is 0 Å². The molecule has 2 aromatic rings. The molecule has 0 aromatic heterocycles. The summed E-state index contributed by atoms with van der Waals surface area (Å²) in [6.07, 6.45) is 0. The molecule has 1 amide bonds. The molecule has 1 aliphatic rings. The number of hydrogen-bond donors (Lipinski definition) is 1. The molecule has 1 unspecified atom stereocenters. The molecular weight excluding hydrogens is 306 g/mol. The van der Waals surface area contributed by atoms with Gasteiger partial charge in [-0.1, -0.05) is 30.3 Å². The molecule has 3 rings (SSSR count). The Balaban J connectivity index is 1.93. The Kier molecular flexibility index (Phi) is 3.93. The fraction of sp³-hybridized carbons (Fsp3) is 0.211. The van der Waals surface area contributed by atoms with Crippen molar-refractivity contribution in [3.05, 3.63) is 64.7 Å². The van der Waals surface area contributed by atoms with E-state index in [0.717, 1.165) is 5.56 Å². The normalized spacial score (nSPS) is 14.4. The number of nitrogens with zero attached hydrogens (tertiary/aromatic N) is 1. The topological polar surface area (TPSA) is 74.7 Å². The van der Waals surface area contributed by atoms with E-state index in [2.05, 4.69) is 0 Å². The third-order valence-electron chi connectivity index (χ3n) is 4.39. The molecule has 0 spiro atoms. The molecule has 0 fully saturated rings. The molecule has 2 aromatic carbocycles. The van der Waals surface area contributed by atoms with E-state index in [4.69, 9.17) is 5.11 Å². The summed E-state index contributed by atoms with van der Waals surface area (Å²) in [5, 5.41) is 9.06. The van der Waals surface area contributed by atoms with E-state index < -0.39 is 11.9 Å². The highest BCUT2D eigenvalue weighted by molar-refractivity contribution is 6.16. The summed E-state index contributed by atoms with van der Waals surface area (Å²) in [6, 6.07) is 12.2. The molecule has 1 atom stereocenters. The summed E-state index contributed by atoms with van der Waals surface area (Å²) in [7, 11) is 0. The van der Waals surface area contributed by atoms with Crippen molar-refractivity contribution in [3.8, 4) is 0 Å². The number of aliphatic carboxylic acids is 1. The number of benzene rings is 2. The molecule has 1 aliphatic heterocycles. The quantitative estimate of drug-likeness (QED) is 0.877. The summed E-state index contributed by atoms with van der Waals surface area (Å²) in [5.74, 6) is -1.82. The van der Waals surface area contributed by atoms with Gasteiger partial charge in [0.25, 0.3) is 5.91 Å². The summed E-state index contributed by atoms with van der Waals surface area (Å²) >= 11 is 0. The number of carboxylic acid groups (broad SMARTS) is 1. The van der Waals surface area contributed by atoms with Gasteiger partial charge in [0.2, 0.25) is 0 Å². The fourth-order valence-electron chi connectivity index (χ4n) is 2.95. The Morgan fingerprint density at radius 2 is 1.79 bits per heavy atom. The molecule has 5 nitrogen and oxygen atoms in total. The van der Waals surface area contributed by atoms with Crippen molar-refractivity contribution in [2.45, 2.75) is 26.3 Å². The molecule has 5 heteroatoms. The van der Waals surface area contributed by atoms with Gasteiger partial charge in [-0.3, -0.25) is 14.4 Å². The second kappa shape index (κ2) is 5.92. The summed E-state index contributed by atoms with van der Waals surface area (Å²) in [6.45, 7) is 3.48. The monoisotopic (exact) mass is 323 g/mol. The predicted molar refractivity (Wildman–Crippen MR) is 89.5 cm³/mol. The number of carbonyl (C=O) groups is 3. The largest absolute Gasteiger partial charge is 0.481 e. The average molecular weight is 323 g/mol. The van der Waals surface area contributed by atoms with Crippen LogP contribution in [0.25, 0.3) is 0 Å². The van der Waals surface area contributed by atoms with Crippen LogP contribution in [0.15, 0.2) is 42.5 Å². The smallest absolute Gasteiger partial charge is 0.310 e. The predicted octanol–water partition coefficient (Wildman–Crippen LogP) is 3.24. The standard InChI is InChI=1S/C19H17NO4/c1-11(19(23)24)13-6-8-15(9-7-13)20-10-14-4-3-5-16(12(2)21)17(14)18(20)22/h3-9,11H,10H2,1-2H3,(H,23,24). The number of carboxylic acids is 1. The second-order valence-electron chi connectivity index (χ2n) is 5.94. The maximum absolute atomic E-state index is 12.7. The van der Waals surface area contributed by atoms with E-state index in [1.165, 1.54) is 6.92 Å². The van der Waals surface area contributed by atoms with Crippen molar-refractivity contribution in [2.75, 3.05) is 4.90 Å². The van der Waals surface area contributed by atoms with Crippen LogP contribution in [-0.2, 0) is 11.3 Å². The van der Waals surface area contributed by atoms with Gasteiger partial charge in [-0.2, -0.15) is 0 Å². The lowest BCUT2D eigenvalue weighted by atomic mass is 10.0. The van der Waals surface area contributed by atoms with Crippen molar-refractivity contribution in [3.63, 3.8) is 0 Å². The van der Waals surface area contributed by atoms with Crippen LogP contribution in [0.1, 0.15) is 51.6 Å². The number of amides is 1. The number of anilines is 1. The minimum absolute atomic E-state index is 0.132. The lowest BCUT2D eigenvalue weighted by Gasteiger charge is -2.17. The van der Waals surface area contributed by atoms with Crippen molar-refractivity contribution in [1.82, 2.24) is 0 Å². The summed E-state index contributed by atoms with van der Waals surface area (Å²) in [4.78, 5) is 37.1. The van der Waals surface area contributed by atoms with Gasteiger partial charge in [0.05, 0.1) is 18.0 Å². The van der Waals surface area contributed by atoms with E-state index in [-0.39, 0.29) is 11.7 Å². The van der Waals surface area contributed by atoms with Crippen LogP contribution >= 0.6 is 0 Å². The Hall–Kier alpha value is -2.95. The molecule has 122 valence electrons. The SMILES string of the molecule is CC(=O)c1cccc2c1C(=O)N(c1ccc(C(C)C(=O)O)cc1)C2. The minimum atomic E-state index is -0.890. The second-order valence-corrected chi connectivity index (χ2v) is 5.94. The molecule has 1 heterocycles. The minimum Gasteiger partial charge on any atom is -0.481 e. The van der Waals surface area contributed by atoms with E-state index >= 15 is 0 Å². The van der Waals surface area contributed by atoms with Crippen LogP contribution in [-0.4, -0.2) is 22.8 Å². The number of hydrogen-bond acceptors (Lipinski definition) is 3. The van der Waals surface area contributed by atoms with Gasteiger partial charge < -0.3 is 10.0 Å². The first-order valence-electron chi connectivity index (χ1n) is 7.67. The number of ketones is 1. The Morgan fingerprint density at radius 1 is 1.12 bits per heavy atom. The Labute approximate surface area is 139 Å². The van der Waals surface area contributed by atoms with Crippen molar-refractivity contribution >= 4 is 23.3 Å². The van der Waals surface area contributed by atoms with Crippen LogP contribution in [0.2, 0.25) is 0 Å². The number of Topliss-reactive ketones (excluding diaryl/α,β-unsaturated/α-hetero) is 1. The van der Waals surface area contributed by atoms with E-state index in [1.807, 2.05) is 6.07 Å². The molecular formula is C19H17NO4. The molecule has 0 radical (unpaired) electrons. The molecule has 0 bridgehead atoms. The van der Waals surface area contributed by atoms with Crippen molar-refractivity contribution < 1.29 is 19.5 Å². The molecule has 0 saturated heterocycles. The highest BCUT2D eigenvalue weighted by Gasteiger charge is 2.31. The zero-order chi connectivity index (χ0) is 17.4. The van der Waals surface area contributed by atoms with E-state index in [9.17, 15) is 14.4 Å². The summed E-state index contributed by atoms with van der Waals surface area (Å²) in [5.41, 5.74) is 3.10. The number of rotatable bonds is 4. The molecule has 1 N–H and O–H groups in total. The number of fused-ring (bicyclic) bond motifs is 1. The maximum atomic E-state index is 12.7. The van der Waals surface area contributed by atoms with Gasteiger partial charge in [-0.15, -0.1) is 0 Å². The zero-order valence-electron chi connectivity index (χ0n) is 13.4. The van der Waals surface area contributed by atoms with Crippen LogP contribution in [0.5, 0.6) is 0 Å². The van der Waals surface area contributed by atoms with Gasteiger partial charge in [0, 0.05) is 11.3 Å². The third-order valence-corrected chi connectivity index (χ3v) is 4.39. The van der Waals surface area contributed by atoms with Gasteiger partial charge in [0.1, 0.15) is 0 Å². The van der Waals surface area contributed by atoms with Gasteiger partial charge in [0.15, 0.2) is 5.78 Å². The average Bonchev–Trinajstić information content (AvgIpc) is 2.91. The first-order chi connectivity index (χ1) is 11.4.